The molecule has 1 aromatic carbocycles. The first kappa shape index (κ1) is 56.3. The van der Waals surface area contributed by atoms with Crippen LogP contribution in [-0.4, -0.2) is 130 Å². The molecule has 1 aromatic rings. The monoisotopic (exact) mass is 853 g/mol. The van der Waals surface area contributed by atoms with Gasteiger partial charge in [-0.1, -0.05) is 60.6 Å². The molecule has 6 amide bonds. The van der Waals surface area contributed by atoms with Crippen LogP contribution in [0.2, 0.25) is 0 Å². The van der Waals surface area contributed by atoms with Gasteiger partial charge >= 0.3 is 5.97 Å². The van der Waals surface area contributed by atoms with Gasteiger partial charge in [0.25, 0.3) is 0 Å². The summed E-state index contributed by atoms with van der Waals surface area (Å²) in [5, 5.41) is 38.3. The highest BCUT2D eigenvalue weighted by atomic mass is 16.4. The molecule has 340 valence electrons. The van der Waals surface area contributed by atoms with Crippen molar-refractivity contribution in [2.45, 2.75) is 117 Å². The molecule has 15 N–H and O–H groups in total. The second-order valence-corrected chi connectivity index (χ2v) is 14.3. The predicted octanol–water partition coefficient (Wildman–Crippen LogP) is -1.64. The molecule has 60 heavy (non-hydrogen) atoms. The van der Waals surface area contributed by atoms with Crippen molar-refractivity contribution in [1.29, 1.82) is 0 Å². The van der Waals surface area contributed by atoms with Gasteiger partial charge in [0.2, 0.25) is 35.9 Å². The van der Waals surface area contributed by atoms with Crippen molar-refractivity contribution in [1.82, 2.24) is 26.2 Å². The van der Waals surface area contributed by atoms with Crippen LogP contribution in [0, 0.1) is 11.8 Å². The number of hydrogen-bond donors (Lipinski definition) is 11. The number of aliphatic hydroxyl groups is 1. The zero-order chi connectivity index (χ0) is 46.5. The smallest absolute Gasteiger partial charge is 0.303 e. The lowest BCUT2D eigenvalue weighted by Gasteiger charge is -2.30. The molecular weight excluding hydrogens is 784 g/mol. The van der Waals surface area contributed by atoms with E-state index in [0.29, 0.717) is 24.8 Å². The lowest BCUT2D eigenvalue weighted by molar-refractivity contribution is -0.141. The molecule has 1 aliphatic rings. The van der Waals surface area contributed by atoms with Crippen LogP contribution in [0.5, 0.6) is 5.75 Å². The Morgan fingerprint density at radius 3 is 1.92 bits per heavy atom. The highest BCUT2D eigenvalue weighted by molar-refractivity contribution is 5.97. The van der Waals surface area contributed by atoms with Crippen molar-refractivity contribution in [3.05, 3.63) is 29.8 Å². The maximum atomic E-state index is 13.4. The second-order valence-electron chi connectivity index (χ2n) is 14.3. The largest absolute Gasteiger partial charge is 0.508 e. The third kappa shape index (κ3) is 23.5. The average Bonchev–Trinajstić information content (AvgIpc) is 3.44. The van der Waals surface area contributed by atoms with Gasteiger partial charge in [0, 0.05) is 25.8 Å². The molecule has 5 atom stereocenters. The quantitative estimate of drug-likeness (QED) is 0.0398. The van der Waals surface area contributed by atoms with Crippen LogP contribution in [0.1, 0.15) is 86.1 Å². The lowest BCUT2D eigenvalue weighted by atomic mass is 9.98. The number of carboxylic acids is 1. The molecule has 1 saturated heterocycles. The molecule has 0 spiro atoms. The van der Waals surface area contributed by atoms with Crippen molar-refractivity contribution in [3.63, 3.8) is 0 Å². The number of likely N-dealkylation sites (tertiary alicyclic amines) is 1. The number of amides is 6. The SMILES string of the molecule is CCC(=O)O.CCCC(=O)C(CC(C)C)NC(=O)CNC(=O)C(C(C)C)N1CC(O)C(NC(=O)C(Cc2ccc(O)cc2)NC(=O)CN)C1=O.CCCN=C(N)N.NC=O. The van der Waals surface area contributed by atoms with E-state index in [-0.39, 0.29) is 55.8 Å². The maximum Gasteiger partial charge on any atom is 0.303 e. The first-order valence-corrected chi connectivity index (χ1v) is 19.7. The molecule has 0 bridgehead atoms. The Kier molecular flexibility index (Phi) is 29.2. The number of β-amino-alcohol motifs (C(OH)–C–C–N with tert-alkyl or cyclic N) is 1. The number of nitrogens with one attached hydrogen (secondary N) is 4. The number of ketones is 1. The number of benzene rings is 1. The molecule has 0 aromatic heterocycles. The van der Waals surface area contributed by atoms with Crippen LogP contribution in [0.25, 0.3) is 0 Å². The van der Waals surface area contributed by atoms with E-state index in [1.165, 1.54) is 12.1 Å². The Labute approximate surface area is 351 Å². The minimum Gasteiger partial charge on any atom is -0.508 e. The number of aromatic hydroxyl groups is 1. The van der Waals surface area contributed by atoms with Crippen LogP contribution in [-0.2, 0) is 44.8 Å². The summed E-state index contributed by atoms with van der Waals surface area (Å²) >= 11 is 0. The maximum absolute atomic E-state index is 13.4. The summed E-state index contributed by atoms with van der Waals surface area (Å²) in [6.07, 6.45) is 1.56. The summed E-state index contributed by atoms with van der Waals surface area (Å²) in [5.41, 5.74) is 20.2. The molecule has 0 aliphatic carbocycles. The van der Waals surface area contributed by atoms with Crippen molar-refractivity contribution in [2.75, 3.05) is 26.2 Å². The Bertz CT molecular complexity index is 1540. The van der Waals surface area contributed by atoms with Gasteiger partial charge in [-0.2, -0.15) is 0 Å². The number of aliphatic imine (C=N–C) groups is 1. The molecule has 5 unspecified atom stereocenters. The number of carboxylic acid groups (broad SMARTS) is 1. The van der Waals surface area contributed by atoms with E-state index in [1.807, 2.05) is 27.7 Å². The van der Waals surface area contributed by atoms with E-state index in [2.05, 4.69) is 32.0 Å². The molecule has 0 saturated carbocycles. The van der Waals surface area contributed by atoms with Crippen LogP contribution in [0.15, 0.2) is 29.3 Å². The first-order valence-electron chi connectivity index (χ1n) is 19.7. The summed E-state index contributed by atoms with van der Waals surface area (Å²) in [6.45, 7) is 12.5. The van der Waals surface area contributed by atoms with Gasteiger partial charge in [-0.15, -0.1) is 0 Å². The van der Waals surface area contributed by atoms with Crippen LogP contribution in [0.3, 0.4) is 0 Å². The standard InChI is InChI=1S/C31H48N6O8.C4H11N3.C3H6O2.CH3NO/c1-6-7-23(39)21(12-17(2)3)34-26(42)15-33-30(44)28(18(4)5)37-16-24(40)27(31(37)45)36-29(43)22(35-25(41)14-32)13-19-8-10-20(38)11-9-19;1-2-3-7-4(5)6;1-2-3(4)5;2-1-3/h8-11,17-18,21-22,24,27-28,38,40H,6-7,12-16,32H2,1-5H3,(H,33,44)(H,34,42)(H,35,41)(H,36,43);2-3H2,1H3,(H4,5,6,7);2H2,1H3,(H,4,5);1H,(H2,2,3). The minimum atomic E-state index is -1.40. The fraction of sp³-hybridized carbons (Fsp3) is 0.615. The van der Waals surface area contributed by atoms with E-state index < -0.39 is 78.2 Å². The number of guanidine groups is 1. The van der Waals surface area contributed by atoms with Gasteiger partial charge < -0.3 is 64.4 Å². The summed E-state index contributed by atoms with van der Waals surface area (Å²) in [4.78, 5) is 99.9. The number of hydrogen-bond acceptors (Lipinski definition) is 12. The number of Topliss-reactive ketones (excluding diaryl/α,β-unsaturated/α-hetero) is 1. The van der Waals surface area contributed by atoms with Gasteiger partial charge in [0.05, 0.1) is 25.7 Å². The fourth-order valence-corrected chi connectivity index (χ4v) is 5.46. The Balaban J connectivity index is 0. The van der Waals surface area contributed by atoms with E-state index in [0.717, 1.165) is 17.9 Å². The number of carbonyl (C=O) groups is 8. The van der Waals surface area contributed by atoms with Gasteiger partial charge in [-0.3, -0.25) is 43.3 Å². The Morgan fingerprint density at radius 1 is 0.933 bits per heavy atom. The average molecular weight is 853 g/mol. The first-order chi connectivity index (χ1) is 28.1. The zero-order valence-electron chi connectivity index (χ0n) is 35.8. The third-order valence-corrected chi connectivity index (χ3v) is 8.24. The molecule has 2 rings (SSSR count). The van der Waals surface area contributed by atoms with Gasteiger partial charge in [0.1, 0.15) is 30.0 Å². The number of nitrogens with zero attached hydrogens (tertiary/aromatic N) is 2. The fourth-order valence-electron chi connectivity index (χ4n) is 5.46. The molecule has 0 radical (unpaired) electrons. The minimum absolute atomic E-state index is 0.0136. The third-order valence-electron chi connectivity index (χ3n) is 8.24. The Hall–Kier alpha value is -5.83. The van der Waals surface area contributed by atoms with E-state index in [1.54, 1.807) is 32.9 Å². The summed E-state index contributed by atoms with van der Waals surface area (Å²) < 4.78 is 0. The molecular formula is C39H68N10O11. The number of rotatable bonds is 20. The number of carbonyl (C=O) groups excluding carboxylic acids is 7. The van der Waals surface area contributed by atoms with Crippen molar-refractivity contribution >= 4 is 53.7 Å². The van der Waals surface area contributed by atoms with Gasteiger partial charge in [0.15, 0.2) is 11.7 Å². The van der Waals surface area contributed by atoms with Crippen molar-refractivity contribution in [3.8, 4) is 5.75 Å². The normalized spacial score (nSPS) is 15.5. The second kappa shape index (κ2) is 31.1. The topological polar surface area (TPSA) is 365 Å². The van der Waals surface area contributed by atoms with Crippen molar-refractivity contribution in [2.24, 2.45) is 39.8 Å². The molecule has 21 heteroatoms. The van der Waals surface area contributed by atoms with Crippen LogP contribution >= 0.6 is 0 Å². The van der Waals surface area contributed by atoms with E-state index in [9.17, 15) is 43.8 Å². The molecule has 1 fully saturated rings. The van der Waals surface area contributed by atoms with Crippen molar-refractivity contribution < 1.29 is 53.7 Å². The number of aliphatic hydroxyl groups excluding tert-OH is 1. The molecule has 1 aliphatic heterocycles. The molecule has 21 nitrogen and oxygen atoms in total. The summed E-state index contributed by atoms with van der Waals surface area (Å²) in [6, 6.07) is 1.71. The van der Waals surface area contributed by atoms with E-state index >= 15 is 0 Å². The number of aliphatic carboxylic acids is 1. The summed E-state index contributed by atoms with van der Waals surface area (Å²) in [5.74, 6) is -4.12. The van der Waals surface area contributed by atoms with Gasteiger partial charge in [-0.25, -0.2) is 0 Å². The lowest BCUT2D eigenvalue weighted by Crippen LogP contribution is -2.57. The predicted molar refractivity (Wildman–Crippen MR) is 225 cm³/mol. The van der Waals surface area contributed by atoms with Crippen LogP contribution in [0.4, 0.5) is 0 Å². The van der Waals surface area contributed by atoms with E-state index in [4.69, 9.17) is 27.1 Å². The Morgan fingerprint density at radius 2 is 1.48 bits per heavy atom. The highest BCUT2D eigenvalue weighted by Gasteiger charge is 2.46. The van der Waals surface area contributed by atoms with Crippen LogP contribution < -0.4 is 44.2 Å². The number of primary amides is 1. The number of phenolic OH excluding ortho intramolecular Hbond substituents is 1. The number of nitrogens with two attached hydrogens (primary N) is 4. The zero-order valence-corrected chi connectivity index (χ0v) is 35.8. The van der Waals surface area contributed by atoms with Gasteiger partial charge in [-0.05, 0) is 48.8 Å². The number of phenols is 1. The summed E-state index contributed by atoms with van der Waals surface area (Å²) in [7, 11) is 0. The molecule has 1 heterocycles. The highest BCUT2D eigenvalue weighted by Crippen LogP contribution is 2.21.